The van der Waals surface area contributed by atoms with Gasteiger partial charge in [0.2, 0.25) is 0 Å². The first-order valence-electron chi connectivity index (χ1n) is 5.08. The van der Waals surface area contributed by atoms with Crippen LogP contribution in [-0.2, 0) is 11.2 Å². The Labute approximate surface area is 94.9 Å². The maximum absolute atomic E-state index is 11.5. The summed E-state index contributed by atoms with van der Waals surface area (Å²) in [6, 6.07) is 7.15. The highest BCUT2D eigenvalue weighted by Gasteiger charge is 2.14. The zero-order chi connectivity index (χ0) is 11.3. The van der Waals surface area contributed by atoms with Gasteiger partial charge in [-0.25, -0.2) is 0 Å². The van der Waals surface area contributed by atoms with E-state index in [-0.39, 0.29) is 12.2 Å². The average Bonchev–Trinajstić information content (AvgIpc) is 2.18. The summed E-state index contributed by atoms with van der Waals surface area (Å²) >= 11 is 5.80. The van der Waals surface area contributed by atoms with Crippen molar-refractivity contribution < 1.29 is 9.90 Å². The molecule has 2 nitrogen and oxygen atoms in total. The lowest BCUT2D eigenvalue weighted by Gasteiger charge is -2.07. The molecule has 0 bridgehead atoms. The van der Waals surface area contributed by atoms with Crippen molar-refractivity contribution in [1.82, 2.24) is 0 Å². The summed E-state index contributed by atoms with van der Waals surface area (Å²) in [7, 11) is 0. The zero-order valence-electron chi connectivity index (χ0n) is 8.74. The lowest BCUT2D eigenvalue weighted by atomic mass is 10.0. The number of benzene rings is 1. The number of carbonyl (C=O) groups is 1. The van der Waals surface area contributed by atoms with Gasteiger partial charge in [-0.05, 0) is 24.1 Å². The Hall–Kier alpha value is -0.860. The number of ketones is 1. The fourth-order valence-corrected chi connectivity index (χ4v) is 1.61. The Kier molecular flexibility index (Phi) is 4.79. The summed E-state index contributed by atoms with van der Waals surface area (Å²) in [5.74, 6) is -0.140. The first kappa shape index (κ1) is 12.2. The van der Waals surface area contributed by atoms with Crippen molar-refractivity contribution in [1.29, 1.82) is 0 Å². The number of hydrogen-bond donors (Lipinski definition) is 1. The molecule has 1 unspecified atom stereocenters. The van der Waals surface area contributed by atoms with Gasteiger partial charge < -0.3 is 5.11 Å². The van der Waals surface area contributed by atoms with Gasteiger partial charge in [-0.1, -0.05) is 37.1 Å². The second-order valence-electron chi connectivity index (χ2n) is 3.58. The van der Waals surface area contributed by atoms with E-state index in [2.05, 4.69) is 0 Å². The minimum atomic E-state index is -0.839. The summed E-state index contributed by atoms with van der Waals surface area (Å²) in [6.45, 7) is 1.94. The molecule has 0 aliphatic heterocycles. The monoisotopic (exact) mass is 226 g/mol. The van der Waals surface area contributed by atoms with E-state index in [1.54, 1.807) is 18.2 Å². The third-order valence-corrected chi connectivity index (χ3v) is 2.44. The molecule has 15 heavy (non-hydrogen) atoms. The van der Waals surface area contributed by atoms with Gasteiger partial charge >= 0.3 is 0 Å². The second-order valence-corrected chi connectivity index (χ2v) is 4.01. The van der Waals surface area contributed by atoms with Crippen molar-refractivity contribution in [2.75, 3.05) is 0 Å². The lowest BCUT2D eigenvalue weighted by Crippen LogP contribution is -2.21. The summed E-state index contributed by atoms with van der Waals surface area (Å²) in [5, 5.41) is 10.1. The summed E-state index contributed by atoms with van der Waals surface area (Å²) in [5.41, 5.74) is 0.850. The molecular formula is C12H15ClO2. The molecule has 1 rings (SSSR count). The van der Waals surface area contributed by atoms with Crippen LogP contribution >= 0.6 is 11.6 Å². The summed E-state index contributed by atoms with van der Waals surface area (Å²) in [6.07, 6.45) is 0.748. The number of rotatable bonds is 5. The van der Waals surface area contributed by atoms with Gasteiger partial charge in [0.1, 0.15) is 6.10 Å². The Morgan fingerprint density at radius 1 is 1.53 bits per heavy atom. The molecule has 1 aromatic rings. The Bertz CT molecular complexity index is 336. The molecule has 0 spiro atoms. The average molecular weight is 227 g/mol. The predicted molar refractivity (Wildman–Crippen MR) is 61.1 cm³/mol. The maximum Gasteiger partial charge on any atom is 0.165 e. The lowest BCUT2D eigenvalue weighted by molar-refractivity contribution is -0.126. The van der Waals surface area contributed by atoms with Gasteiger partial charge in [0, 0.05) is 11.4 Å². The third kappa shape index (κ3) is 4.02. The van der Waals surface area contributed by atoms with Crippen LogP contribution < -0.4 is 0 Å². The van der Waals surface area contributed by atoms with E-state index in [0.717, 1.165) is 12.0 Å². The van der Waals surface area contributed by atoms with E-state index < -0.39 is 6.10 Å². The van der Waals surface area contributed by atoms with Gasteiger partial charge in [-0.3, -0.25) is 4.79 Å². The number of Topliss-reactive ketones (excluding diaryl/α,β-unsaturated/α-hetero) is 1. The minimum absolute atomic E-state index is 0.140. The van der Waals surface area contributed by atoms with E-state index in [1.807, 2.05) is 13.0 Å². The standard InChI is InChI=1S/C12H15ClO2/c1-2-4-11(14)12(15)8-9-5-3-6-10(13)7-9/h3,5-7,11,14H,2,4,8H2,1H3. The van der Waals surface area contributed by atoms with Crippen molar-refractivity contribution in [3.05, 3.63) is 34.9 Å². The van der Waals surface area contributed by atoms with Crippen LogP contribution in [0.25, 0.3) is 0 Å². The fraction of sp³-hybridized carbons (Fsp3) is 0.417. The van der Waals surface area contributed by atoms with Crippen LogP contribution in [0.4, 0.5) is 0 Å². The highest BCUT2D eigenvalue weighted by molar-refractivity contribution is 6.30. The van der Waals surface area contributed by atoms with Crippen LogP contribution in [0.15, 0.2) is 24.3 Å². The quantitative estimate of drug-likeness (QED) is 0.838. The molecule has 0 amide bonds. The van der Waals surface area contributed by atoms with Crippen LogP contribution in [0.1, 0.15) is 25.3 Å². The molecule has 0 aliphatic carbocycles. The molecule has 0 aromatic heterocycles. The SMILES string of the molecule is CCCC(O)C(=O)Cc1cccc(Cl)c1. The minimum Gasteiger partial charge on any atom is -0.385 e. The molecule has 0 saturated carbocycles. The molecule has 0 heterocycles. The molecule has 82 valence electrons. The van der Waals surface area contributed by atoms with Gasteiger partial charge in [0.05, 0.1) is 0 Å². The van der Waals surface area contributed by atoms with Gasteiger partial charge in [-0.2, -0.15) is 0 Å². The first-order valence-corrected chi connectivity index (χ1v) is 5.46. The molecule has 1 N–H and O–H groups in total. The smallest absolute Gasteiger partial charge is 0.165 e. The van der Waals surface area contributed by atoms with Crippen molar-refractivity contribution in [2.24, 2.45) is 0 Å². The topological polar surface area (TPSA) is 37.3 Å². The van der Waals surface area contributed by atoms with E-state index in [9.17, 15) is 9.90 Å². The molecule has 0 aliphatic rings. The number of aliphatic hydroxyl groups is 1. The third-order valence-electron chi connectivity index (χ3n) is 2.20. The zero-order valence-corrected chi connectivity index (χ0v) is 9.50. The van der Waals surface area contributed by atoms with Crippen LogP contribution in [0, 0.1) is 0 Å². The van der Waals surface area contributed by atoms with Crippen molar-refractivity contribution in [2.45, 2.75) is 32.3 Å². The number of carbonyl (C=O) groups excluding carboxylic acids is 1. The second kappa shape index (κ2) is 5.89. The number of halogens is 1. The Morgan fingerprint density at radius 2 is 2.27 bits per heavy atom. The molecule has 0 saturated heterocycles. The van der Waals surface area contributed by atoms with E-state index >= 15 is 0 Å². The highest BCUT2D eigenvalue weighted by Crippen LogP contribution is 2.12. The van der Waals surface area contributed by atoms with Crippen LogP contribution in [0.5, 0.6) is 0 Å². The fourth-order valence-electron chi connectivity index (χ4n) is 1.40. The first-order chi connectivity index (χ1) is 7.13. The Morgan fingerprint density at radius 3 is 2.87 bits per heavy atom. The summed E-state index contributed by atoms with van der Waals surface area (Å²) in [4.78, 5) is 11.5. The van der Waals surface area contributed by atoms with E-state index in [1.165, 1.54) is 0 Å². The molecule has 0 fully saturated rings. The Balaban J connectivity index is 2.58. The number of aliphatic hydroxyl groups excluding tert-OH is 1. The number of hydrogen-bond acceptors (Lipinski definition) is 2. The van der Waals surface area contributed by atoms with Crippen molar-refractivity contribution in [3.8, 4) is 0 Å². The van der Waals surface area contributed by atoms with Crippen molar-refractivity contribution in [3.63, 3.8) is 0 Å². The molecule has 1 atom stereocenters. The molecule has 3 heteroatoms. The largest absolute Gasteiger partial charge is 0.385 e. The van der Waals surface area contributed by atoms with Crippen LogP contribution in [-0.4, -0.2) is 17.0 Å². The molecule has 0 radical (unpaired) electrons. The van der Waals surface area contributed by atoms with Crippen LogP contribution in [0.3, 0.4) is 0 Å². The van der Waals surface area contributed by atoms with Crippen LogP contribution in [0.2, 0.25) is 5.02 Å². The highest BCUT2D eigenvalue weighted by atomic mass is 35.5. The maximum atomic E-state index is 11.5. The molecule has 1 aromatic carbocycles. The van der Waals surface area contributed by atoms with Crippen molar-refractivity contribution >= 4 is 17.4 Å². The van der Waals surface area contributed by atoms with E-state index in [0.29, 0.717) is 11.4 Å². The van der Waals surface area contributed by atoms with Gasteiger partial charge in [-0.15, -0.1) is 0 Å². The van der Waals surface area contributed by atoms with Gasteiger partial charge in [0.25, 0.3) is 0 Å². The summed E-state index contributed by atoms with van der Waals surface area (Å²) < 4.78 is 0. The normalized spacial score (nSPS) is 12.5. The van der Waals surface area contributed by atoms with E-state index in [4.69, 9.17) is 11.6 Å². The van der Waals surface area contributed by atoms with Gasteiger partial charge in [0.15, 0.2) is 5.78 Å². The molecular weight excluding hydrogens is 212 g/mol. The predicted octanol–water partition coefficient (Wildman–Crippen LogP) is 2.61.